The van der Waals surface area contributed by atoms with Crippen molar-refractivity contribution in [2.45, 2.75) is 31.6 Å². The molecule has 0 aliphatic carbocycles. The standard InChI is InChI=1S/C15H20N2/c1-2-3-9-15(12-17(13-15)11-10-16)14-7-5-4-6-8-14/h4-8H,2-3,9,11-13H2,1H3. The van der Waals surface area contributed by atoms with Gasteiger partial charge < -0.3 is 0 Å². The topological polar surface area (TPSA) is 27.0 Å². The lowest BCUT2D eigenvalue weighted by atomic mass is 9.70. The van der Waals surface area contributed by atoms with Gasteiger partial charge in [-0.2, -0.15) is 5.26 Å². The van der Waals surface area contributed by atoms with Crippen LogP contribution < -0.4 is 0 Å². The summed E-state index contributed by atoms with van der Waals surface area (Å²) in [6, 6.07) is 13.0. The van der Waals surface area contributed by atoms with E-state index in [9.17, 15) is 0 Å². The van der Waals surface area contributed by atoms with Crippen molar-refractivity contribution in [2.75, 3.05) is 19.6 Å². The van der Waals surface area contributed by atoms with Crippen LogP contribution in [-0.2, 0) is 5.41 Å². The fourth-order valence-electron chi connectivity index (χ4n) is 2.81. The minimum absolute atomic E-state index is 0.314. The maximum Gasteiger partial charge on any atom is 0.0866 e. The first-order valence-electron chi connectivity index (χ1n) is 6.45. The molecule has 1 fully saturated rings. The number of nitrogens with zero attached hydrogens (tertiary/aromatic N) is 2. The number of nitriles is 1. The molecule has 17 heavy (non-hydrogen) atoms. The molecule has 0 amide bonds. The predicted molar refractivity (Wildman–Crippen MR) is 69.7 cm³/mol. The average molecular weight is 228 g/mol. The summed E-state index contributed by atoms with van der Waals surface area (Å²) >= 11 is 0. The smallest absolute Gasteiger partial charge is 0.0866 e. The summed E-state index contributed by atoms with van der Waals surface area (Å²) in [6.45, 7) is 4.90. The van der Waals surface area contributed by atoms with Gasteiger partial charge in [0.1, 0.15) is 0 Å². The Morgan fingerprint density at radius 2 is 2.00 bits per heavy atom. The number of rotatable bonds is 5. The van der Waals surface area contributed by atoms with Crippen LogP contribution in [0.3, 0.4) is 0 Å². The zero-order valence-electron chi connectivity index (χ0n) is 10.5. The van der Waals surface area contributed by atoms with Gasteiger partial charge in [-0.3, -0.25) is 4.90 Å². The monoisotopic (exact) mass is 228 g/mol. The lowest BCUT2D eigenvalue weighted by Gasteiger charge is -2.50. The Kier molecular flexibility index (Phi) is 3.81. The number of hydrogen-bond acceptors (Lipinski definition) is 2. The summed E-state index contributed by atoms with van der Waals surface area (Å²) in [5.74, 6) is 0. The van der Waals surface area contributed by atoms with E-state index >= 15 is 0 Å². The van der Waals surface area contributed by atoms with Crippen molar-refractivity contribution in [1.29, 1.82) is 5.26 Å². The van der Waals surface area contributed by atoms with Gasteiger partial charge in [-0.25, -0.2) is 0 Å². The maximum absolute atomic E-state index is 8.73. The first kappa shape index (κ1) is 12.1. The molecule has 0 radical (unpaired) electrons. The molecule has 1 heterocycles. The minimum atomic E-state index is 0.314. The fourth-order valence-corrected chi connectivity index (χ4v) is 2.81. The largest absolute Gasteiger partial charge is 0.289 e. The van der Waals surface area contributed by atoms with E-state index in [0.717, 1.165) is 13.1 Å². The average Bonchev–Trinajstić information content (AvgIpc) is 2.33. The summed E-state index contributed by atoms with van der Waals surface area (Å²) in [6.07, 6.45) is 3.76. The molecule has 1 aliphatic rings. The molecule has 0 aromatic heterocycles. The van der Waals surface area contributed by atoms with Gasteiger partial charge >= 0.3 is 0 Å². The molecule has 0 atom stereocenters. The molecule has 2 heteroatoms. The normalized spacial score (nSPS) is 18.4. The number of unbranched alkanes of at least 4 members (excludes halogenated alkanes) is 1. The van der Waals surface area contributed by atoms with Crippen molar-refractivity contribution in [2.24, 2.45) is 0 Å². The van der Waals surface area contributed by atoms with E-state index in [0.29, 0.717) is 12.0 Å². The van der Waals surface area contributed by atoms with Crippen molar-refractivity contribution >= 4 is 0 Å². The molecule has 2 nitrogen and oxygen atoms in total. The molecule has 90 valence electrons. The van der Waals surface area contributed by atoms with Gasteiger partial charge in [0.15, 0.2) is 0 Å². The fraction of sp³-hybridized carbons (Fsp3) is 0.533. The zero-order valence-corrected chi connectivity index (χ0v) is 10.5. The third kappa shape index (κ3) is 2.50. The van der Waals surface area contributed by atoms with E-state index in [2.05, 4.69) is 48.2 Å². The van der Waals surface area contributed by atoms with Crippen LogP contribution in [0.2, 0.25) is 0 Å². The Hall–Kier alpha value is -1.33. The van der Waals surface area contributed by atoms with E-state index in [4.69, 9.17) is 5.26 Å². The highest BCUT2D eigenvalue weighted by Gasteiger charge is 2.43. The van der Waals surface area contributed by atoms with Crippen molar-refractivity contribution < 1.29 is 0 Å². The number of benzene rings is 1. The van der Waals surface area contributed by atoms with Crippen LogP contribution >= 0.6 is 0 Å². The number of likely N-dealkylation sites (tertiary alicyclic amines) is 1. The van der Waals surface area contributed by atoms with Crippen molar-refractivity contribution in [3.05, 3.63) is 35.9 Å². The third-order valence-electron chi connectivity index (χ3n) is 3.74. The summed E-state index contributed by atoms with van der Waals surface area (Å²) in [7, 11) is 0. The molecule has 1 aromatic carbocycles. The van der Waals surface area contributed by atoms with E-state index < -0.39 is 0 Å². The highest BCUT2D eigenvalue weighted by molar-refractivity contribution is 5.30. The third-order valence-corrected chi connectivity index (χ3v) is 3.74. The van der Waals surface area contributed by atoms with E-state index in [1.807, 2.05) is 0 Å². The summed E-state index contributed by atoms with van der Waals surface area (Å²) < 4.78 is 0. The summed E-state index contributed by atoms with van der Waals surface area (Å²) in [5.41, 5.74) is 1.76. The molecule has 1 saturated heterocycles. The van der Waals surface area contributed by atoms with Gasteiger partial charge in [-0.1, -0.05) is 50.1 Å². The molecule has 0 N–H and O–H groups in total. The van der Waals surface area contributed by atoms with E-state index in [1.54, 1.807) is 0 Å². The first-order chi connectivity index (χ1) is 8.30. The zero-order chi connectivity index (χ0) is 12.1. The predicted octanol–water partition coefficient (Wildman–Crippen LogP) is 2.95. The van der Waals surface area contributed by atoms with E-state index in [-0.39, 0.29) is 0 Å². The van der Waals surface area contributed by atoms with Gasteiger partial charge in [0.25, 0.3) is 0 Å². The molecular formula is C15H20N2. The lowest BCUT2D eigenvalue weighted by molar-refractivity contribution is 0.0696. The van der Waals surface area contributed by atoms with Crippen molar-refractivity contribution in [3.63, 3.8) is 0 Å². The van der Waals surface area contributed by atoms with Crippen LogP contribution in [0, 0.1) is 11.3 Å². The molecule has 1 aliphatic heterocycles. The number of hydrogen-bond donors (Lipinski definition) is 0. The molecule has 1 aromatic rings. The van der Waals surface area contributed by atoms with Crippen LogP contribution in [0.4, 0.5) is 0 Å². The van der Waals surface area contributed by atoms with Crippen LogP contribution in [0.1, 0.15) is 31.7 Å². The van der Waals surface area contributed by atoms with Crippen LogP contribution in [-0.4, -0.2) is 24.5 Å². The summed E-state index contributed by atoms with van der Waals surface area (Å²) in [4.78, 5) is 2.24. The second kappa shape index (κ2) is 5.33. The second-order valence-electron chi connectivity index (χ2n) is 5.05. The maximum atomic E-state index is 8.73. The van der Waals surface area contributed by atoms with Gasteiger partial charge in [0.05, 0.1) is 12.6 Å². The molecule has 0 spiro atoms. The highest BCUT2D eigenvalue weighted by Crippen LogP contribution is 2.38. The van der Waals surface area contributed by atoms with Crippen molar-refractivity contribution in [3.8, 4) is 6.07 Å². The quantitative estimate of drug-likeness (QED) is 0.724. The Morgan fingerprint density at radius 1 is 1.29 bits per heavy atom. The van der Waals surface area contributed by atoms with Crippen molar-refractivity contribution in [1.82, 2.24) is 4.90 Å². The van der Waals surface area contributed by atoms with Gasteiger partial charge in [-0.15, -0.1) is 0 Å². The Balaban J connectivity index is 2.09. The summed E-state index contributed by atoms with van der Waals surface area (Å²) in [5, 5.41) is 8.73. The lowest BCUT2D eigenvalue weighted by Crippen LogP contribution is -2.59. The SMILES string of the molecule is CCCCC1(c2ccccc2)CN(CC#N)C1. The van der Waals surface area contributed by atoms with Crippen LogP contribution in [0.5, 0.6) is 0 Å². The Morgan fingerprint density at radius 3 is 2.59 bits per heavy atom. The second-order valence-corrected chi connectivity index (χ2v) is 5.05. The Labute approximate surface area is 104 Å². The minimum Gasteiger partial charge on any atom is -0.289 e. The highest BCUT2D eigenvalue weighted by atomic mass is 15.2. The molecule has 2 rings (SSSR count). The van der Waals surface area contributed by atoms with Crippen LogP contribution in [0.15, 0.2) is 30.3 Å². The molecule has 0 unspecified atom stereocenters. The first-order valence-corrected chi connectivity index (χ1v) is 6.45. The molecular weight excluding hydrogens is 208 g/mol. The molecule has 0 bridgehead atoms. The molecule has 0 saturated carbocycles. The van der Waals surface area contributed by atoms with Gasteiger partial charge in [-0.05, 0) is 12.0 Å². The van der Waals surface area contributed by atoms with Gasteiger partial charge in [0.2, 0.25) is 0 Å². The Bertz CT molecular complexity index is 385. The van der Waals surface area contributed by atoms with Crippen LogP contribution in [0.25, 0.3) is 0 Å². The van der Waals surface area contributed by atoms with Gasteiger partial charge in [0, 0.05) is 18.5 Å². The van der Waals surface area contributed by atoms with E-state index in [1.165, 1.54) is 24.8 Å².